The summed E-state index contributed by atoms with van der Waals surface area (Å²) in [7, 11) is 0. The van der Waals surface area contributed by atoms with Crippen LogP contribution < -0.4 is 0 Å². The van der Waals surface area contributed by atoms with Gasteiger partial charge in [0.25, 0.3) is 11.6 Å². The number of nitrogens with zero attached hydrogens (tertiary/aromatic N) is 4. The minimum Gasteiger partial charge on any atom is -0.379 e. The fraction of sp³-hybridized carbons (Fsp3) is 0.333. The van der Waals surface area contributed by atoms with Crippen LogP contribution in [0.3, 0.4) is 0 Å². The third kappa shape index (κ3) is 7.69. The van der Waals surface area contributed by atoms with E-state index in [-0.39, 0.29) is 24.0 Å². The Morgan fingerprint density at radius 3 is 2.32 bits per heavy atom. The fourth-order valence-electron chi connectivity index (χ4n) is 4.14. The van der Waals surface area contributed by atoms with E-state index in [0.29, 0.717) is 45.0 Å². The molecule has 0 saturated carbocycles. The molecule has 1 aliphatic rings. The van der Waals surface area contributed by atoms with Crippen LogP contribution in [0, 0.1) is 10.1 Å². The molecule has 37 heavy (non-hydrogen) atoms. The fourth-order valence-corrected chi connectivity index (χ4v) is 4.86. The molecule has 2 heterocycles. The molecule has 1 aromatic heterocycles. The Balaban J connectivity index is 1.52. The Morgan fingerprint density at radius 2 is 1.68 bits per heavy atom. The number of carbonyl (C=O) groups excluding carboxylic acids is 2. The molecule has 3 aromatic rings. The largest absolute Gasteiger partial charge is 0.379 e. The van der Waals surface area contributed by atoms with Gasteiger partial charge >= 0.3 is 0 Å². The molecule has 0 aliphatic carbocycles. The van der Waals surface area contributed by atoms with Gasteiger partial charge in [-0.2, -0.15) is 0 Å². The lowest BCUT2D eigenvalue weighted by Crippen LogP contribution is -2.47. The number of non-ortho nitro benzene ring substituents is 1. The van der Waals surface area contributed by atoms with E-state index in [2.05, 4.69) is 4.90 Å². The molecular formula is C27H30N4O5S. The van der Waals surface area contributed by atoms with Crippen LogP contribution in [-0.2, 0) is 22.6 Å². The lowest BCUT2D eigenvalue weighted by molar-refractivity contribution is -0.384. The average Bonchev–Trinajstić information content (AvgIpc) is 3.44. The number of nitro benzene ring substituents is 1. The maximum Gasteiger partial charge on any atom is 0.269 e. The molecule has 0 radical (unpaired) electrons. The number of morpholine rings is 1. The van der Waals surface area contributed by atoms with Gasteiger partial charge in [0.2, 0.25) is 5.91 Å². The van der Waals surface area contributed by atoms with Gasteiger partial charge in [-0.15, -0.1) is 11.3 Å². The molecule has 4 rings (SSSR count). The summed E-state index contributed by atoms with van der Waals surface area (Å²) in [5, 5.41) is 13.0. The zero-order valence-corrected chi connectivity index (χ0v) is 21.3. The van der Waals surface area contributed by atoms with Gasteiger partial charge in [-0.25, -0.2) is 0 Å². The van der Waals surface area contributed by atoms with Crippen molar-refractivity contribution < 1.29 is 19.2 Å². The highest BCUT2D eigenvalue weighted by Gasteiger charge is 2.24. The van der Waals surface area contributed by atoms with Crippen molar-refractivity contribution in [3.05, 3.63) is 98.2 Å². The first kappa shape index (κ1) is 26.5. The Kier molecular flexibility index (Phi) is 9.36. The lowest BCUT2D eigenvalue weighted by Gasteiger charge is -2.31. The zero-order chi connectivity index (χ0) is 26.0. The smallest absolute Gasteiger partial charge is 0.269 e. The van der Waals surface area contributed by atoms with Crippen molar-refractivity contribution in [1.29, 1.82) is 0 Å². The molecule has 0 bridgehead atoms. The number of ether oxygens (including phenoxy) is 1. The summed E-state index contributed by atoms with van der Waals surface area (Å²) in [5.41, 5.74) is 1.24. The first-order valence-corrected chi connectivity index (χ1v) is 13.1. The summed E-state index contributed by atoms with van der Waals surface area (Å²) in [5.74, 6) is -0.484. The molecular weight excluding hydrogens is 492 g/mol. The van der Waals surface area contributed by atoms with Gasteiger partial charge in [-0.05, 0) is 29.1 Å². The van der Waals surface area contributed by atoms with Gasteiger partial charge in [0.05, 0.1) is 24.7 Å². The number of benzene rings is 2. The van der Waals surface area contributed by atoms with Crippen molar-refractivity contribution in [3.63, 3.8) is 0 Å². The number of carbonyl (C=O) groups is 2. The summed E-state index contributed by atoms with van der Waals surface area (Å²) in [4.78, 5) is 44.2. The predicted molar refractivity (Wildman–Crippen MR) is 141 cm³/mol. The van der Waals surface area contributed by atoms with Crippen LogP contribution in [-0.4, -0.2) is 77.4 Å². The first-order valence-electron chi connectivity index (χ1n) is 12.2. The van der Waals surface area contributed by atoms with Crippen molar-refractivity contribution >= 4 is 28.8 Å². The van der Waals surface area contributed by atoms with Crippen LogP contribution in [0.5, 0.6) is 0 Å². The minimum absolute atomic E-state index is 0.0850. The average molecular weight is 523 g/mol. The first-order chi connectivity index (χ1) is 18.0. The molecule has 2 amide bonds. The van der Waals surface area contributed by atoms with E-state index in [0.717, 1.165) is 23.5 Å². The highest BCUT2D eigenvalue weighted by atomic mass is 32.1. The number of thiophene rings is 1. The molecule has 1 saturated heterocycles. The molecule has 194 valence electrons. The van der Waals surface area contributed by atoms with Crippen LogP contribution in [0.2, 0.25) is 0 Å². The monoisotopic (exact) mass is 522 g/mol. The SMILES string of the molecule is O=C(CN(CCN1CCOCC1)C(=O)c1ccc([N+](=O)[O-])cc1)N(Cc1ccccc1)Cc1cccs1. The summed E-state index contributed by atoms with van der Waals surface area (Å²) in [6, 6.07) is 19.2. The maximum absolute atomic E-state index is 13.6. The minimum atomic E-state index is -0.500. The molecule has 1 fully saturated rings. The second kappa shape index (κ2) is 13.1. The van der Waals surface area contributed by atoms with Crippen molar-refractivity contribution in [1.82, 2.24) is 14.7 Å². The van der Waals surface area contributed by atoms with Crippen LogP contribution in [0.15, 0.2) is 72.1 Å². The number of hydrogen-bond acceptors (Lipinski definition) is 7. The van der Waals surface area contributed by atoms with Crippen LogP contribution in [0.25, 0.3) is 0 Å². The standard InChI is InChI=1S/C27H30N4O5S/c32-26(30(20-25-7-4-18-37-25)19-22-5-2-1-3-6-22)21-29(13-12-28-14-16-36-17-15-28)27(33)23-8-10-24(11-9-23)31(34)35/h1-11,18H,12-17,19-21H2. The predicted octanol–water partition coefficient (Wildman–Crippen LogP) is 3.66. The van der Waals surface area contributed by atoms with Gasteiger partial charge in [-0.3, -0.25) is 24.6 Å². The number of rotatable bonds is 11. The topological polar surface area (TPSA) is 96.2 Å². The van der Waals surface area contributed by atoms with E-state index in [1.165, 1.54) is 24.3 Å². The van der Waals surface area contributed by atoms with E-state index in [1.807, 2.05) is 47.8 Å². The molecule has 9 nitrogen and oxygen atoms in total. The third-order valence-corrected chi connectivity index (χ3v) is 7.09. The number of amides is 2. The van der Waals surface area contributed by atoms with E-state index >= 15 is 0 Å². The lowest BCUT2D eigenvalue weighted by atomic mass is 10.1. The molecule has 0 atom stereocenters. The van der Waals surface area contributed by atoms with Crippen LogP contribution in [0.4, 0.5) is 5.69 Å². The van der Waals surface area contributed by atoms with Gasteiger partial charge in [-0.1, -0.05) is 36.4 Å². The van der Waals surface area contributed by atoms with Crippen LogP contribution >= 0.6 is 11.3 Å². The van der Waals surface area contributed by atoms with E-state index in [4.69, 9.17) is 4.74 Å². The molecule has 0 spiro atoms. The van der Waals surface area contributed by atoms with Gasteiger partial charge in [0, 0.05) is 55.3 Å². The highest BCUT2D eigenvalue weighted by Crippen LogP contribution is 2.17. The number of hydrogen-bond donors (Lipinski definition) is 0. The summed E-state index contributed by atoms with van der Waals surface area (Å²) < 4.78 is 5.42. The second-order valence-electron chi connectivity index (χ2n) is 8.80. The van der Waals surface area contributed by atoms with Crippen molar-refractivity contribution in [2.24, 2.45) is 0 Å². The van der Waals surface area contributed by atoms with Gasteiger partial charge in [0.1, 0.15) is 6.54 Å². The summed E-state index contributed by atoms with van der Waals surface area (Å²) in [6.45, 7) is 4.59. The Labute approximate surface area is 220 Å². The quantitative estimate of drug-likeness (QED) is 0.282. The van der Waals surface area contributed by atoms with E-state index in [9.17, 15) is 19.7 Å². The highest BCUT2D eigenvalue weighted by molar-refractivity contribution is 7.09. The van der Waals surface area contributed by atoms with Crippen molar-refractivity contribution in [2.75, 3.05) is 45.9 Å². The van der Waals surface area contributed by atoms with Crippen molar-refractivity contribution in [3.8, 4) is 0 Å². The summed E-state index contributed by atoms with van der Waals surface area (Å²) >= 11 is 1.59. The Bertz CT molecular complexity index is 1170. The Morgan fingerprint density at radius 1 is 0.946 bits per heavy atom. The molecule has 0 unspecified atom stereocenters. The molecule has 0 N–H and O–H groups in total. The Hall–Kier alpha value is -3.60. The zero-order valence-electron chi connectivity index (χ0n) is 20.5. The van der Waals surface area contributed by atoms with Crippen LogP contribution in [0.1, 0.15) is 20.8 Å². The van der Waals surface area contributed by atoms with E-state index in [1.54, 1.807) is 21.1 Å². The molecule has 2 aromatic carbocycles. The normalized spacial score (nSPS) is 13.7. The van der Waals surface area contributed by atoms with Gasteiger partial charge < -0.3 is 14.5 Å². The number of nitro groups is 1. The molecule has 10 heteroatoms. The summed E-state index contributed by atoms with van der Waals surface area (Å²) in [6.07, 6.45) is 0. The van der Waals surface area contributed by atoms with E-state index < -0.39 is 4.92 Å². The van der Waals surface area contributed by atoms with Gasteiger partial charge in [0.15, 0.2) is 0 Å². The van der Waals surface area contributed by atoms with Crippen molar-refractivity contribution in [2.45, 2.75) is 13.1 Å². The molecule has 1 aliphatic heterocycles. The maximum atomic E-state index is 13.6. The third-order valence-electron chi connectivity index (χ3n) is 6.22. The second-order valence-corrected chi connectivity index (χ2v) is 9.83.